The molecule has 0 aliphatic rings. The first-order valence-electron chi connectivity index (χ1n) is 4.38. The predicted octanol–water partition coefficient (Wildman–Crippen LogP) is 2.57. The summed E-state index contributed by atoms with van der Waals surface area (Å²) in [7, 11) is 0. The lowest BCUT2D eigenvalue weighted by Crippen LogP contribution is -1.83. The lowest BCUT2D eigenvalue weighted by Gasteiger charge is -1.91. The normalized spacial score (nSPS) is 10.0. The lowest BCUT2D eigenvalue weighted by molar-refractivity contribution is 0.974. The Hall–Kier alpha value is -1.60. The van der Waals surface area contributed by atoms with Crippen LogP contribution in [0, 0.1) is 11.3 Å². The molecule has 0 fully saturated rings. The van der Waals surface area contributed by atoms with Crippen LogP contribution in [0.15, 0.2) is 17.5 Å². The Morgan fingerprint density at radius 2 is 2.50 bits per heavy atom. The van der Waals surface area contributed by atoms with Gasteiger partial charge >= 0.3 is 0 Å². The van der Waals surface area contributed by atoms with E-state index in [4.69, 9.17) is 5.26 Å². The highest BCUT2D eigenvalue weighted by Crippen LogP contribution is 2.27. The van der Waals surface area contributed by atoms with Crippen molar-refractivity contribution >= 4 is 11.3 Å². The number of hydrogen-bond donors (Lipinski definition) is 1. The number of thiophene rings is 1. The number of nitrogens with zero attached hydrogens (tertiary/aromatic N) is 2. The van der Waals surface area contributed by atoms with Crippen molar-refractivity contribution in [1.29, 1.82) is 5.26 Å². The zero-order chi connectivity index (χ0) is 9.97. The third-order valence-corrected chi connectivity index (χ3v) is 2.94. The van der Waals surface area contributed by atoms with Crippen molar-refractivity contribution in [3.8, 4) is 16.6 Å². The van der Waals surface area contributed by atoms with E-state index in [0.29, 0.717) is 5.56 Å². The van der Waals surface area contributed by atoms with Crippen LogP contribution >= 0.6 is 11.3 Å². The van der Waals surface area contributed by atoms with E-state index in [1.54, 1.807) is 11.3 Å². The summed E-state index contributed by atoms with van der Waals surface area (Å²) in [4.78, 5) is 1.04. The fourth-order valence-corrected chi connectivity index (χ4v) is 2.07. The average Bonchev–Trinajstić information content (AvgIpc) is 2.85. The molecular formula is C10H9N3S. The highest BCUT2D eigenvalue weighted by Gasteiger charge is 2.13. The average molecular weight is 203 g/mol. The molecule has 0 spiro atoms. The molecule has 70 valence electrons. The topological polar surface area (TPSA) is 52.5 Å². The van der Waals surface area contributed by atoms with E-state index in [1.165, 1.54) is 0 Å². The van der Waals surface area contributed by atoms with Crippen LogP contribution in [-0.2, 0) is 6.42 Å². The smallest absolute Gasteiger partial charge is 0.120 e. The molecular weight excluding hydrogens is 194 g/mol. The van der Waals surface area contributed by atoms with Crippen LogP contribution in [-0.4, -0.2) is 10.2 Å². The molecule has 0 aliphatic heterocycles. The van der Waals surface area contributed by atoms with Crippen molar-refractivity contribution in [2.24, 2.45) is 0 Å². The van der Waals surface area contributed by atoms with E-state index in [1.807, 2.05) is 24.4 Å². The van der Waals surface area contributed by atoms with Gasteiger partial charge in [0.15, 0.2) is 0 Å². The van der Waals surface area contributed by atoms with Crippen molar-refractivity contribution in [2.75, 3.05) is 0 Å². The Morgan fingerprint density at radius 3 is 3.07 bits per heavy atom. The van der Waals surface area contributed by atoms with E-state index >= 15 is 0 Å². The number of aromatic amines is 1. The van der Waals surface area contributed by atoms with Gasteiger partial charge in [0.05, 0.1) is 10.6 Å². The number of nitrogens with one attached hydrogen (secondary N) is 1. The Labute approximate surface area is 86.0 Å². The highest BCUT2D eigenvalue weighted by atomic mass is 32.1. The predicted molar refractivity (Wildman–Crippen MR) is 56.0 cm³/mol. The van der Waals surface area contributed by atoms with Crippen molar-refractivity contribution < 1.29 is 0 Å². The first-order chi connectivity index (χ1) is 6.86. The summed E-state index contributed by atoms with van der Waals surface area (Å²) in [6.45, 7) is 2.01. The van der Waals surface area contributed by atoms with Crippen molar-refractivity contribution in [1.82, 2.24) is 10.2 Å². The summed E-state index contributed by atoms with van der Waals surface area (Å²) in [6, 6.07) is 6.13. The van der Waals surface area contributed by atoms with Crippen molar-refractivity contribution in [3.05, 3.63) is 28.8 Å². The maximum absolute atomic E-state index is 9.01. The first-order valence-corrected chi connectivity index (χ1v) is 5.26. The minimum Gasteiger partial charge on any atom is -0.281 e. The second kappa shape index (κ2) is 3.64. The largest absolute Gasteiger partial charge is 0.281 e. The third-order valence-electron chi connectivity index (χ3n) is 2.06. The SMILES string of the molecule is CCc1[nH]nc(-c2cccs2)c1C#N. The summed E-state index contributed by atoms with van der Waals surface area (Å²) in [5, 5.41) is 18.1. The summed E-state index contributed by atoms with van der Waals surface area (Å²) in [5.74, 6) is 0. The summed E-state index contributed by atoms with van der Waals surface area (Å²) in [5.41, 5.74) is 2.37. The maximum Gasteiger partial charge on any atom is 0.120 e. The number of rotatable bonds is 2. The zero-order valence-corrected chi connectivity index (χ0v) is 8.56. The number of H-pyrrole nitrogens is 1. The van der Waals surface area contributed by atoms with Crippen molar-refractivity contribution in [2.45, 2.75) is 13.3 Å². The van der Waals surface area contributed by atoms with E-state index in [-0.39, 0.29) is 0 Å². The molecule has 0 amide bonds. The van der Waals surface area contributed by atoms with Gasteiger partial charge in [0.2, 0.25) is 0 Å². The highest BCUT2D eigenvalue weighted by molar-refractivity contribution is 7.13. The summed E-state index contributed by atoms with van der Waals surface area (Å²) >= 11 is 1.60. The van der Waals surface area contributed by atoms with Gasteiger partial charge < -0.3 is 0 Å². The monoisotopic (exact) mass is 203 g/mol. The molecule has 0 saturated heterocycles. The minimum absolute atomic E-state index is 0.676. The van der Waals surface area contributed by atoms with Crippen LogP contribution in [0.25, 0.3) is 10.6 Å². The van der Waals surface area contributed by atoms with Gasteiger partial charge in [-0.05, 0) is 17.9 Å². The van der Waals surface area contributed by atoms with Crippen LogP contribution in [0.4, 0.5) is 0 Å². The second-order valence-corrected chi connectivity index (χ2v) is 3.82. The van der Waals surface area contributed by atoms with Gasteiger partial charge in [-0.3, -0.25) is 5.10 Å². The molecule has 2 rings (SSSR count). The molecule has 0 aromatic carbocycles. The molecule has 0 atom stereocenters. The van der Waals surface area contributed by atoms with Crippen LogP contribution in [0.1, 0.15) is 18.2 Å². The Bertz CT molecular complexity index is 462. The molecule has 0 saturated carbocycles. The van der Waals surface area contributed by atoms with Gasteiger partial charge in [0.25, 0.3) is 0 Å². The Morgan fingerprint density at radius 1 is 1.64 bits per heavy atom. The molecule has 2 heterocycles. The number of hydrogen-bond acceptors (Lipinski definition) is 3. The number of nitriles is 1. The quantitative estimate of drug-likeness (QED) is 0.815. The lowest BCUT2D eigenvalue weighted by atomic mass is 10.1. The van der Waals surface area contributed by atoms with Gasteiger partial charge in [-0.25, -0.2) is 0 Å². The standard InChI is InChI=1S/C10H9N3S/c1-2-8-7(6-11)10(13-12-8)9-4-3-5-14-9/h3-5H,2H2,1H3,(H,12,13). The Kier molecular flexibility index (Phi) is 2.33. The summed E-state index contributed by atoms with van der Waals surface area (Å²) < 4.78 is 0. The first kappa shape index (κ1) is 8.97. The van der Waals surface area contributed by atoms with E-state index in [9.17, 15) is 0 Å². The number of aryl methyl sites for hydroxylation is 1. The fraction of sp³-hybridized carbons (Fsp3) is 0.200. The Balaban J connectivity index is 2.56. The molecule has 1 N–H and O–H groups in total. The van der Waals surface area contributed by atoms with Crippen LogP contribution < -0.4 is 0 Å². The van der Waals surface area contributed by atoms with E-state index in [2.05, 4.69) is 16.3 Å². The van der Waals surface area contributed by atoms with Gasteiger partial charge in [0.1, 0.15) is 17.3 Å². The molecule has 2 aromatic heterocycles. The molecule has 0 aliphatic carbocycles. The van der Waals surface area contributed by atoms with Gasteiger partial charge in [0, 0.05) is 0 Å². The van der Waals surface area contributed by atoms with Gasteiger partial charge in [-0.15, -0.1) is 11.3 Å². The van der Waals surface area contributed by atoms with E-state index < -0.39 is 0 Å². The zero-order valence-electron chi connectivity index (χ0n) is 7.74. The van der Waals surface area contributed by atoms with Crippen LogP contribution in [0.3, 0.4) is 0 Å². The van der Waals surface area contributed by atoms with Crippen LogP contribution in [0.5, 0.6) is 0 Å². The summed E-state index contributed by atoms with van der Waals surface area (Å²) in [6.07, 6.45) is 0.807. The second-order valence-electron chi connectivity index (χ2n) is 2.87. The third kappa shape index (κ3) is 1.32. The molecule has 0 bridgehead atoms. The molecule has 4 heteroatoms. The molecule has 14 heavy (non-hydrogen) atoms. The van der Waals surface area contributed by atoms with Crippen molar-refractivity contribution in [3.63, 3.8) is 0 Å². The van der Waals surface area contributed by atoms with Crippen LogP contribution in [0.2, 0.25) is 0 Å². The molecule has 3 nitrogen and oxygen atoms in total. The molecule has 0 radical (unpaired) electrons. The fourth-order valence-electron chi connectivity index (χ4n) is 1.35. The van der Waals surface area contributed by atoms with E-state index in [0.717, 1.165) is 22.7 Å². The van der Waals surface area contributed by atoms with Gasteiger partial charge in [-0.2, -0.15) is 10.4 Å². The molecule has 2 aromatic rings. The minimum atomic E-state index is 0.676. The molecule has 0 unspecified atom stereocenters. The maximum atomic E-state index is 9.01. The van der Waals surface area contributed by atoms with Gasteiger partial charge in [-0.1, -0.05) is 13.0 Å². The number of aromatic nitrogens is 2.